The Labute approximate surface area is 61.7 Å². The minimum Gasteiger partial charge on any atom is -0.272 e. The van der Waals surface area contributed by atoms with Gasteiger partial charge in [0.2, 0.25) is 0 Å². The van der Waals surface area contributed by atoms with E-state index in [0.29, 0.717) is 5.75 Å². The highest BCUT2D eigenvalue weighted by atomic mass is 32.2. The molecule has 0 fully saturated rings. The van der Waals surface area contributed by atoms with Crippen LogP contribution in [0.2, 0.25) is 0 Å². The van der Waals surface area contributed by atoms with Crippen LogP contribution in [0.5, 0.6) is 0 Å². The zero-order valence-corrected chi connectivity index (χ0v) is 6.51. The van der Waals surface area contributed by atoms with E-state index < -0.39 is 0 Å². The molecule has 5 heteroatoms. The van der Waals surface area contributed by atoms with Crippen LogP contribution >= 0.6 is 23.5 Å². The number of hydrogen-bond acceptors (Lipinski definition) is 4. The summed E-state index contributed by atoms with van der Waals surface area (Å²) in [6.45, 7) is 0. The fraction of sp³-hybridized carbons (Fsp3) is 0.500. The lowest BCUT2D eigenvalue weighted by molar-refractivity contribution is -0.118. The number of rotatable bonds is 0. The van der Waals surface area contributed by atoms with Crippen LogP contribution in [-0.4, -0.2) is 22.3 Å². The third kappa shape index (κ3) is 1.91. The average Bonchev–Trinajstić information content (AvgIpc) is 1.90. The Hall–Kier alpha value is -0.160. The molecule has 1 aliphatic heterocycles. The summed E-state index contributed by atoms with van der Waals surface area (Å²) in [4.78, 5) is 10.5. The van der Waals surface area contributed by atoms with Gasteiger partial charge in [-0.3, -0.25) is 4.79 Å². The standard InChI is InChI=1S/C4H6N2OS2/c1-8-4-6-5-3(7)2-9-4/h2H2,1H3,(H,5,7). The molecule has 1 rings (SSSR count). The van der Waals surface area contributed by atoms with Crippen molar-refractivity contribution in [3.8, 4) is 0 Å². The Bertz CT molecular complexity index is 157. The summed E-state index contributed by atoms with van der Waals surface area (Å²) < 4.78 is 0.926. The average molecular weight is 162 g/mol. The third-order valence-electron chi connectivity index (χ3n) is 0.773. The summed E-state index contributed by atoms with van der Waals surface area (Å²) in [6.07, 6.45) is 1.93. The quantitative estimate of drug-likeness (QED) is 0.563. The molecule has 0 saturated carbocycles. The van der Waals surface area contributed by atoms with Crippen LogP contribution in [0.25, 0.3) is 0 Å². The Balaban J connectivity index is 2.50. The fourth-order valence-corrected chi connectivity index (χ4v) is 1.62. The maximum Gasteiger partial charge on any atom is 0.250 e. The maximum absolute atomic E-state index is 10.5. The van der Waals surface area contributed by atoms with Gasteiger partial charge in [-0.2, -0.15) is 5.10 Å². The second-order valence-corrected chi connectivity index (χ2v) is 3.42. The van der Waals surface area contributed by atoms with Crippen molar-refractivity contribution in [3.05, 3.63) is 0 Å². The monoisotopic (exact) mass is 162 g/mol. The molecule has 0 aromatic carbocycles. The van der Waals surface area contributed by atoms with Crippen molar-refractivity contribution in [2.45, 2.75) is 0 Å². The van der Waals surface area contributed by atoms with Gasteiger partial charge in [-0.1, -0.05) is 11.8 Å². The van der Waals surface area contributed by atoms with Crippen LogP contribution < -0.4 is 5.43 Å². The van der Waals surface area contributed by atoms with E-state index in [1.165, 1.54) is 11.8 Å². The van der Waals surface area contributed by atoms with Gasteiger partial charge in [0.1, 0.15) is 0 Å². The molecule has 0 unspecified atom stereocenters. The molecule has 0 spiro atoms. The van der Waals surface area contributed by atoms with Gasteiger partial charge >= 0.3 is 0 Å². The van der Waals surface area contributed by atoms with E-state index in [-0.39, 0.29) is 5.91 Å². The first-order valence-electron chi connectivity index (χ1n) is 2.36. The maximum atomic E-state index is 10.5. The van der Waals surface area contributed by atoms with E-state index in [1.54, 1.807) is 11.8 Å². The molecule has 1 N–H and O–H groups in total. The lowest BCUT2D eigenvalue weighted by Gasteiger charge is -2.07. The SMILES string of the molecule is CSC1=NNC(=O)CS1. The van der Waals surface area contributed by atoms with Crippen LogP contribution in [0.4, 0.5) is 0 Å². The van der Waals surface area contributed by atoms with E-state index in [2.05, 4.69) is 10.5 Å². The van der Waals surface area contributed by atoms with Gasteiger partial charge in [0.15, 0.2) is 4.38 Å². The molecule has 50 valence electrons. The Morgan fingerprint density at radius 1 is 1.89 bits per heavy atom. The van der Waals surface area contributed by atoms with Crippen LogP contribution in [-0.2, 0) is 4.79 Å². The van der Waals surface area contributed by atoms with Crippen LogP contribution in [0, 0.1) is 0 Å². The smallest absolute Gasteiger partial charge is 0.250 e. The molecule has 0 aromatic rings. The molecule has 1 amide bonds. The lowest BCUT2D eigenvalue weighted by Crippen LogP contribution is -2.24. The predicted octanol–water partition coefficient (Wildman–Crippen LogP) is 0.483. The van der Waals surface area contributed by atoms with E-state index >= 15 is 0 Å². The molecule has 0 bridgehead atoms. The molecular formula is C4H6N2OS2. The topological polar surface area (TPSA) is 41.5 Å². The molecular weight excluding hydrogens is 156 g/mol. The van der Waals surface area contributed by atoms with Crippen molar-refractivity contribution < 1.29 is 4.79 Å². The normalized spacial score (nSPS) is 18.8. The minimum absolute atomic E-state index is 0.0159. The highest BCUT2D eigenvalue weighted by Crippen LogP contribution is 2.15. The third-order valence-corrected chi connectivity index (χ3v) is 2.81. The molecule has 0 saturated heterocycles. The van der Waals surface area contributed by atoms with Gasteiger partial charge < -0.3 is 0 Å². The molecule has 1 heterocycles. The summed E-state index contributed by atoms with van der Waals surface area (Å²) in [5, 5.41) is 3.77. The van der Waals surface area contributed by atoms with Gasteiger partial charge in [0.05, 0.1) is 5.75 Å². The summed E-state index contributed by atoms with van der Waals surface area (Å²) in [6, 6.07) is 0. The van der Waals surface area contributed by atoms with Crippen molar-refractivity contribution in [2.75, 3.05) is 12.0 Å². The second kappa shape index (κ2) is 3.12. The van der Waals surface area contributed by atoms with Crippen LogP contribution in [0.15, 0.2) is 5.10 Å². The molecule has 0 aromatic heterocycles. The summed E-state index contributed by atoms with van der Waals surface area (Å²) in [5.41, 5.74) is 2.39. The van der Waals surface area contributed by atoms with Crippen molar-refractivity contribution >= 4 is 33.8 Å². The number of carbonyl (C=O) groups is 1. The van der Waals surface area contributed by atoms with Crippen LogP contribution in [0.3, 0.4) is 0 Å². The van der Waals surface area contributed by atoms with Crippen LogP contribution in [0.1, 0.15) is 0 Å². The molecule has 3 nitrogen and oxygen atoms in total. The van der Waals surface area contributed by atoms with E-state index in [0.717, 1.165) is 4.38 Å². The largest absolute Gasteiger partial charge is 0.272 e. The number of thioether (sulfide) groups is 2. The van der Waals surface area contributed by atoms with Crippen molar-refractivity contribution in [3.63, 3.8) is 0 Å². The number of carbonyl (C=O) groups excluding carboxylic acids is 1. The van der Waals surface area contributed by atoms with Gasteiger partial charge in [-0.15, -0.1) is 11.8 Å². The first kappa shape index (κ1) is 6.95. The van der Waals surface area contributed by atoms with Gasteiger partial charge in [0, 0.05) is 0 Å². The first-order valence-corrected chi connectivity index (χ1v) is 4.57. The highest BCUT2D eigenvalue weighted by molar-refractivity contribution is 8.38. The van der Waals surface area contributed by atoms with Crippen molar-refractivity contribution in [1.29, 1.82) is 0 Å². The Morgan fingerprint density at radius 2 is 2.67 bits per heavy atom. The van der Waals surface area contributed by atoms with Crippen molar-refractivity contribution in [1.82, 2.24) is 5.43 Å². The molecule has 0 atom stereocenters. The fourth-order valence-electron chi connectivity index (χ4n) is 0.404. The van der Waals surface area contributed by atoms with E-state index in [4.69, 9.17) is 0 Å². The predicted molar refractivity (Wildman–Crippen MR) is 41.6 cm³/mol. The zero-order valence-electron chi connectivity index (χ0n) is 4.88. The number of nitrogens with zero attached hydrogens (tertiary/aromatic N) is 1. The Kier molecular flexibility index (Phi) is 2.41. The lowest BCUT2D eigenvalue weighted by atomic mass is 10.7. The molecule has 9 heavy (non-hydrogen) atoms. The van der Waals surface area contributed by atoms with Gasteiger partial charge in [0.25, 0.3) is 5.91 Å². The number of hydrazone groups is 1. The van der Waals surface area contributed by atoms with E-state index in [9.17, 15) is 4.79 Å². The summed E-state index contributed by atoms with van der Waals surface area (Å²) in [5.74, 6) is 0.484. The summed E-state index contributed by atoms with van der Waals surface area (Å²) in [7, 11) is 0. The molecule has 1 aliphatic rings. The summed E-state index contributed by atoms with van der Waals surface area (Å²) >= 11 is 3.02. The first-order chi connectivity index (χ1) is 4.33. The second-order valence-electron chi connectivity index (χ2n) is 1.41. The highest BCUT2D eigenvalue weighted by Gasteiger charge is 2.09. The van der Waals surface area contributed by atoms with Gasteiger partial charge in [-0.25, -0.2) is 5.43 Å². The number of amides is 1. The number of nitrogens with one attached hydrogen (secondary N) is 1. The van der Waals surface area contributed by atoms with Gasteiger partial charge in [-0.05, 0) is 6.26 Å². The van der Waals surface area contributed by atoms with E-state index in [1.807, 2.05) is 6.26 Å². The van der Waals surface area contributed by atoms with Crippen molar-refractivity contribution in [2.24, 2.45) is 5.10 Å². The Morgan fingerprint density at radius 3 is 3.11 bits per heavy atom. The number of hydrogen-bond donors (Lipinski definition) is 1. The molecule has 0 aliphatic carbocycles. The molecule has 0 radical (unpaired) electrons. The minimum atomic E-state index is -0.0159. The zero-order chi connectivity index (χ0) is 6.69.